The van der Waals surface area contributed by atoms with E-state index >= 15 is 0 Å². The Kier molecular flexibility index (Phi) is 7.27. The van der Waals surface area contributed by atoms with Gasteiger partial charge in [-0.2, -0.15) is 0 Å². The summed E-state index contributed by atoms with van der Waals surface area (Å²) in [6.45, 7) is 8.38. The zero-order valence-electron chi connectivity index (χ0n) is 9.30. The molecule has 0 saturated heterocycles. The van der Waals surface area contributed by atoms with Crippen LogP contribution in [0, 0.1) is 0 Å². The monoisotopic (exact) mass is 179 g/mol. The number of aromatic nitrogens is 1. The van der Waals surface area contributed by atoms with Crippen LogP contribution in [-0.4, -0.2) is 4.98 Å². The molecule has 0 aromatic carbocycles. The maximum absolute atomic E-state index is 4.10. The van der Waals surface area contributed by atoms with Crippen molar-refractivity contribution in [2.45, 2.75) is 47.0 Å². The summed E-state index contributed by atoms with van der Waals surface area (Å²) >= 11 is 0. The average molecular weight is 179 g/mol. The first-order chi connectivity index (χ1) is 6.38. The van der Waals surface area contributed by atoms with Gasteiger partial charge in [0.25, 0.3) is 0 Å². The van der Waals surface area contributed by atoms with Gasteiger partial charge in [-0.1, -0.05) is 34.1 Å². The summed E-state index contributed by atoms with van der Waals surface area (Å²) in [5, 5.41) is 0. The SMILES string of the molecule is CC.CCCc1ccncc1CC. The van der Waals surface area contributed by atoms with Crippen LogP contribution >= 0.6 is 0 Å². The Labute approximate surface area is 82.2 Å². The van der Waals surface area contributed by atoms with Crippen molar-refractivity contribution >= 4 is 0 Å². The summed E-state index contributed by atoms with van der Waals surface area (Å²) in [5.41, 5.74) is 2.86. The Hall–Kier alpha value is -0.850. The Morgan fingerprint density at radius 1 is 1.15 bits per heavy atom. The van der Waals surface area contributed by atoms with Crippen molar-refractivity contribution in [3.8, 4) is 0 Å². The van der Waals surface area contributed by atoms with Crippen LogP contribution < -0.4 is 0 Å². The van der Waals surface area contributed by atoms with Crippen molar-refractivity contribution < 1.29 is 0 Å². The predicted molar refractivity (Wildman–Crippen MR) is 59.0 cm³/mol. The van der Waals surface area contributed by atoms with Gasteiger partial charge in [-0.15, -0.1) is 0 Å². The highest BCUT2D eigenvalue weighted by molar-refractivity contribution is 5.22. The molecule has 0 aliphatic heterocycles. The first-order valence-electron chi connectivity index (χ1n) is 5.30. The summed E-state index contributed by atoms with van der Waals surface area (Å²) in [6.07, 6.45) is 7.36. The van der Waals surface area contributed by atoms with Gasteiger partial charge < -0.3 is 0 Å². The minimum absolute atomic E-state index is 1.10. The topological polar surface area (TPSA) is 12.9 Å². The smallest absolute Gasteiger partial charge is 0.0302 e. The van der Waals surface area contributed by atoms with Gasteiger partial charge in [-0.3, -0.25) is 4.98 Å². The fraction of sp³-hybridized carbons (Fsp3) is 0.583. The standard InChI is InChI=1S/C10H15N.C2H6/c1-3-5-10-6-7-11-8-9(10)4-2;1-2/h6-8H,3-5H2,1-2H3;1-2H3. The third-order valence-corrected chi connectivity index (χ3v) is 1.90. The predicted octanol–water partition coefficient (Wildman–Crippen LogP) is 3.62. The molecule has 1 rings (SSSR count). The third-order valence-electron chi connectivity index (χ3n) is 1.90. The van der Waals surface area contributed by atoms with E-state index in [0.29, 0.717) is 0 Å². The van der Waals surface area contributed by atoms with Crippen molar-refractivity contribution in [3.63, 3.8) is 0 Å². The molecule has 1 heterocycles. The first-order valence-corrected chi connectivity index (χ1v) is 5.30. The lowest BCUT2D eigenvalue weighted by Crippen LogP contribution is -1.92. The Balaban J connectivity index is 0.000000671. The second kappa shape index (κ2) is 7.78. The van der Waals surface area contributed by atoms with Crippen LogP contribution in [-0.2, 0) is 12.8 Å². The third kappa shape index (κ3) is 4.07. The molecule has 0 aliphatic rings. The maximum atomic E-state index is 4.10. The molecular formula is C12H21N. The Morgan fingerprint density at radius 2 is 1.85 bits per heavy atom. The molecule has 0 unspecified atom stereocenters. The van der Waals surface area contributed by atoms with Gasteiger partial charge in [0.05, 0.1) is 0 Å². The van der Waals surface area contributed by atoms with Gasteiger partial charge in [-0.05, 0) is 30.0 Å². The molecule has 1 aromatic heterocycles. The largest absolute Gasteiger partial charge is 0.264 e. The molecule has 0 atom stereocenters. The van der Waals surface area contributed by atoms with Crippen LogP contribution in [0.15, 0.2) is 18.5 Å². The zero-order chi connectivity index (χ0) is 10.1. The molecule has 1 nitrogen and oxygen atoms in total. The number of nitrogens with zero attached hydrogens (tertiary/aromatic N) is 1. The molecule has 0 bridgehead atoms. The van der Waals surface area contributed by atoms with Crippen LogP contribution in [0.25, 0.3) is 0 Å². The van der Waals surface area contributed by atoms with Gasteiger partial charge in [-0.25, -0.2) is 0 Å². The average Bonchev–Trinajstić information content (AvgIpc) is 2.22. The second-order valence-electron chi connectivity index (χ2n) is 2.75. The zero-order valence-corrected chi connectivity index (χ0v) is 9.30. The number of rotatable bonds is 3. The van der Waals surface area contributed by atoms with Gasteiger partial charge >= 0.3 is 0 Å². The van der Waals surface area contributed by atoms with Crippen molar-refractivity contribution in [2.24, 2.45) is 0 Å². The second-order valence-corrected chi connectivity index (χ2v) is 2.75. The van der Waals surface area contributed by atoms with Crippen LogP contribution in [0.4, 0.5) is 0 Å². The summed E-state index contributed by atoms with van der Waals surface area (Å²) in [7, 11) is 0. The van der Waals surface area contributed by atoms with E-state index in [1.54, 1.807) is 0 Å². The Morgan fingerprint density at radius 3 is 2.38 bits per heavy atom. The van der Waals surface area contributed by atoms with E-state index in [-0.39, 0.29) is 0 Å². The molecule has 0 N–H and O–H groups in total. The van der Waals surface area contributed by atoms with Crippen LogP contribution in [0.3, 0.4) is 0 Å². The molecule has 0 saturated carbocycles. The number of aryl methyl sites for hydroxylation is 2. The van der Waals surface area contributed by atoms with Crippen LogP contribution in [0.1, 0.15) is 45.2 Å². The van der Waals surface area contributed by atoms with Gasteiger partial charge in [0.1, 0.15) is 0 Å². The fourth-order valence-corrected chi connectivity index (χ4v) is 1.29. The molecule has 0 spiro atoms. The summed E-state index contributed by atoms with van der Waals surface area (Å²) in [4.78, 5) is 4.10. The van der Waals surface area contributed by atoms with Gasteiger partial charge in [0.15, 0.2) is 0 Å². The van der Waals surface area contributed by atoms with Crippen molar-refractivity contribution in [3.05, 3.63) is 29.6 Å². The van der Waals surface area contributed by atoms with E-state index in [1.807, 2.05) is 26.2 Å². The lowest BCUT2D eigenvalue weighted by Gasteiger charge is -2.03. The summed E-state index contributed by atoms with van der Waals surface area (Å²) in [5.74, 6) is 0. The van der Waals surface area contributed by atoms with Gasteiger partial charge in [0.2, 0.25) is 0 Å². The molecule has 13 heavy (non-hydrogen) atoms. The molecule has 0 aliphatic carbocycles. The fourth-order valence-electron chi connectivity index (χ4n) is 1.29. The maximum Gasteiger partial charge on any atom is 0.0302 e. The van der Waals surface area contributed by atoms with Crippen LogP contribution in [0.5, 0.6) is 0 Å². The number of hydrogen-bond acceptors (Lipinski definition) is 1. The van der Waals surface area contributed by atoms with E-state index in [4.69, 9.17) is 0 Å². The van der Waals surface area contributed by atoms with Crippen molar-refractivity contribution in [1.82, 2.24) is 4.98 Å². The molecule has 1 heteroatoms. The quantitative estimate of drug-likeness (QED) is 0.690. The summed E-state index contributed by atoms with van der Waals surface area (Å²) in [6, 6.07) is 2.13. The van der Waals surface area contributed by atoms with Crippen molar-refractivity contribution in [1.29, 1.82) is 0 Å². The van der Waals surface area contributed by atoms with E-state index in [0.717, 1.165) is 6.42 Å². The lowest BCUT2D eigenvalue weighted by atomic mass is 10.0. The lowest BCUT2D eigenvalue weighted by molar-refractivity contribution is 0.892. The minimum Gasteiger partial charge on any atom is -0.264 e. The molecule has 1 aromatic rings. The van der Waals surface area contributed by atoms with E-state index in [1.165, 1.54) is 24.0 Å². The molecule has 0 radical (unpaired) electrons. The highest BCUT2D eigenvalue weighted by Crippen LogP contribution is 2.09. The highest BCUT2D eigenvalue weighted by Gasteiger charge is 1.97. The molecular weight excluding hydrogens is 158 g/mol. The summed E-state index contributed by atoms with van der Waals surface area (Å²) < 4.78 is 0. The first kappa shape index (κ1) is 12.2. The molecule has 0 fully saturated rings. The Bertz CT molecular complexity index is 218. The van der Waals surface area contributed by atoms with E-state index < -0.39 is 0 Å². The van der Waals surface area contributed by atoms with Crippen molar-refractivity contribution in [2.75, 3.05) is 0 Å². The van der Waals surface area contributed by atoms with Gasteiger partial charge in [0, 0.05) is 12.4 Å². The van der Waals surface area contributed by atoms with E-state index in [2.05, 4.69) is 24.9 Å². The van der Waals surface area contributed by atoms with E-state index in [9.17, 15) is 0 Å². The number of pyridine rings is 1. The highest BCUT2D eigenvalue weighted by atomic mass is 14.6. The minimum atomic E-state index is 1.10. The normalized spacial score (nSPS) is 8.92. The molecule has 0 amide bonds. The van der Waals surface area contributed by atoms with Crippen LogP contribution in [0.2, 0.25) is 0 Å². The molecule has 74 valence electrons. The number of hydrogen-bond donors (Lipinski definition) is 0.